The number of nitrogens with zero attached hydrogens (tertiary/aromatic N) is 6. The van der Waals surface area contributed by atoms with E-state index >= 15 is 0 Å². The number of anilines is 1. The Balaban J connectivity index is 1.39. The van der Waals surface area contributed by atoms with Crippen LogP contribution in [0.5, 0.6) is 0 Å². The van der Waals surface area contributed by atoms with Gasteiger partial charge >= 0.3 is 6.18 Å². The minimum absolute atomic E-state index is 0.0648. The average Bonchev–Trinajstić information content (AvgIpc) is 3.45. The van der Waals surface area contributed by atoms with Crippen LogP contribution in [0.3, 0.4) is 0 Å². The van der Waals surface area contributed by atoms with E-state index in [0.717, 1.165) is 56.6 Å². The molecule has 0 bridgehead atoms. The third kappa shape index (κ3) is 3.99. The lowest BCUT2D eigenvalue weighted by molar-refractivity contribution is -0.190. The lowest BCUT2D eigenvalue weighted by Gasteiger charge is -2.46. The Hall–Kier alpha value is -3.21. The topological polar surface area (TPSA) is 80.9 Å². The molecule has 0 spiro atoms. The number of hydrogen-bond acceptors (Lipinski definition) is 6. The predicted molar refractivity (Wildman–Crippen MR) is 141 cm³/mol. The van der Waals surface area contributed by atoms with Gasteiger partial charge in [-0.1, -0.05) is 25.5 Å². The number of benzene rings is 1. The summed E-state index contributed by atoms with van der Waals surface area (Å²) in [6.07, 6.45) is 3.18. The largest absolute Gasteiger partial charge is 0.401 e. The van der Waals surface area contributed by atoms with Gasteiger partial charge in [0.25, 0.3) is 5.56 Å². The van der Waals surface area contributed by atoms with Crippen molar-refractivity contribution in [1.82, 2.24) is 29.2 Å². The third-order valence-corrected chi connectivity index (χ3v) is 9.17. The van der Waals surface area contributed by atoms with Gasteiger partial charge in [0.15, 0.2) is 0 Å². The summed E-state index contributed by atoms with van der Waals surface area (Å²) in [6, 6.07) is 6.61. The molecule has 2 fully saturated rings. The SMILES string of the molecule is CC1CC(c2cccc(-n3cnc4c(c3=O)NC(CN3CCCCC3)C4(C)C(F)(F)F)c2)(c2nncn2C)C1. The highest BCUT2D eigenvalue weighted by molar-refractivity contribution is 5.60. The van der Waals surface area contributed by atoms with Crippen molar-refractivity contribution in [1.29, 1.82) is 0 Å². The van der Waals surface area contributed by atoms with Crippen LogP contribution in [-0.2, 0) is 17.9 Å². The molecule has 1 N–H and O–H groups in total. The Morgan fingerprint density at radius 2 is 1.87 bits per heavy atom. The molecule has 1 saturated carbocycles. The monoisotopic (exact) mass is 541 g/mol. The molecule has 0 radical (unpaired) electrons. The van der Waals surface area contributed by atoms with E-state index in [4.69, 9.17) is 0 Å². The quantitative estimate of drug-likeness (QED) is 0.522. The molecule has 39 heavy (non-hydrogen) atoms. The smallest absolute Gasteiger partial charge is 0.374 e. The van der Waals surface area contributed by atoms with Crippen LogP contribution < -0.4 is 10.9 Å². The Morgan fingerprint density at radius 3 is 2.51 bits per heavy atom. The van der Waals surface area contributed by atoms with Gasteiger partial charge in [0.1, 0.15) is 29.6 Å². The normalized spacial score (nSPS) is 29.1. The number of hydrogen-bond donors (Lipinski definition) is 1. The van der Waals surface area contributed by atoms with Gasteiger partial charge in [-0.15, -0.1) is 10.2 Å². The zero-order valence-corrected chi connectivity index (χ0v) is 22.5. The molecule has 2 aliphatic heterocycles. The van der Waals surface area contributed by atoms with Gasteiger partial charge in [-0.3, -0.25) is 9.36 Å². The number of piperidine rings is 1. The minimum Gasteiger partial charge on any atom is -0.374 e. The summed E-state index contributed by atoms with van der Waals surface area (Å²) in [5.74, 6) is 1.37. The molecule has 3 aromatic rings. The second kappa shape index (κ2) is 9.18. The third-order valence-electron chi connectivity index (χ3n) is 9.17. The molecular weight excluding hydrogens is 507 g/mol. The van der Waals surface area contributed by atoms with E-state index in [1.165, 1.54) is 17.8 Å². The molecule has 11 heteroatoms. The molecule has 2 atom stereocenters. The van der Waals surface area contributed by atoms with E-state index in [9.17, 15) is 18.0 Å². The predicted octanol–water partition coefficient (Wildman–Crippen LogP) is 4.18. The molecule has 1 saturated heterocycles. The molecule has 8 nitrogen and oxygen atoms in total. The van der Waals surface area contributed by atoms with Crippen LogP contribution in [-0.4, -0.2) is 61.1 Å². The first kappa shape index (κ1) is 26.0. The van der Waals surface area contributed by atoms with Crippen molar-refractivity contribution < 1.29 is 13.2 Å². The van der Waals surface area contributed by atoms with E-state index in [-0.39, 0.29) is 23.3 Å². The Labute approximate surface area is 225 Å². The number of halogens is 3. The summed E-state index contributed by atoms with van der Waals surface area (Å²) in [5.41, 5.74) is -1.86. The molecule has 2 unspecified atom stereocenters. The summed E-state index contributed by atoms with van der Waals surface area (Å²) >= 11 is 0. The number of rotatable bonds is 5. The molecule has 0 amide bonds. The summed E-state index contributed by atoms with van der Waals surface area (Å²) in [5, 5.41) is 11.5. The van der Waals surface area contributed by atoms with Gasteiger partial charge in [0.05, 0.1) is 22.8 Å². The fraction of sp³-hybridized carbons (Fsp3) is 0.571. The van der Waals surface area contributed by atoms with Gasteiger partial charge in [-0.2, -0.15) is 13.2 Å². The number of aryl methyl sites for hydroxylation is 1. The molecule has 3 aliphatic rings. The van der Waals surface area contributed by atoms with E-state index in [1.807, 2.05) is 29.8 Å². The first-order valence-electron chi connectivity index (χ1n) is 13.7. The van der Waals surface area contributed by atoms with Crippen LogP contribution in [0.4, 0.5) is 18.9 Å². The summed E-state index contributed by atoms with van der Waals surface area (Å²) in [4.78, 5) is 20.1. The van der Waals surface area contributed by atoms with Gasteiger partial charge in [-0.05, 0) is 69.3 Å². The van der Waals surface area contributed by atoms with Crippen molar-refractivity contribution in [3.05, 3.63) is 64.4 Å². The van der Waals surface area contributed by atoms with Crippen LogP contribution in [0, 0.1) is 5.92 Å². The second-order valence-electron chi connectivity index (χ2n) is 11.8. The fourth-order valence-electron chi connectivity index (χ4n) is 6.95. The number of likely N-dealkylation sites (tertiary alicyclic amines) is 1. The van der Waals surface area contributed by atoms with Crippen molar-refractivity contribution in [3.8, 4) is 5.69 Å². The van der Waals surface area contributed by atoms with E-state index in [2.05, 4.69) is 32.3 Å². The van der Waals surface area contributed by atoms with E-state index in [1.54, 1.807) is 12.4 Å². The van der Waals surface area contributed by atoms with Gasteiger partial charge < -0.3 is 14.8 Å². The molecule has 6 rings (SSSR count). The van der Waals surface area contributed by atoms with Crippen molar-refractivity contribution in [3.63, 3.8) is 0 Å². The van der Waals surface area contributed by atoms with Crippen LogP contribution in [0.15, 0.2) is 41.7 Å². The molecule has 2 aromatic heterocycles. The van der Waals surface area contributed by atoms with Crippen molar-refractivity contribution in [2.45, 2.75) is 69.0 Å². The highest BCUT2D eigenvalue weighted by atomic mass is 19.4. The second-order valence-corrected chi connectivity index (χ2v) is 11.8. The number of nitrogens with one attached hydrogen (secondary N) is 1. The molecule has 1 aromatic carbocycles. The maximum atomic E-state index is 14.6. The molecular formula is C28H34F3N7O. The standard InChI is InChI=1S/C28H34F3N7O/c1-18-13-27(14-18,25-35-33-17-36(25)3)19-8-7-9-20(12-19)38-16-32-23-22(24(38)39)34-21(26(23,2)28(29,30)31)15-37-10-5-4-6-11-37/h7-9,12,16-18,21,34H,4-6,10-11,13-15H2,1-3H3. The Bertz CT molecular complexity index is 1440. The maximum Gasteiger partial charge on any atom is 0.401 e. The summed E-state index contributed by atoms with van der Waals surface area (Å²) in [7, 11) is 1.92. The summed E-state index contributed by atoms with van der Waals surface area (Å²) in [6.45, 7) is 5.09. The zero-order valence-electron chi connectivity index (χ0n) is 22.5. The lowest BCUT2D eigenvalue weighted by atomic mass is 9.58. The zero-order chi connectivity index (χ0) is 27.6. The molecule has 4 heterocycles. The number of aromatic nitrogens is 5. The number of alkyl halides is 3. The highest BCUT2D eigenvalue weighted by Crippen LogP contribution is 2.52. The fourth-order valence-corrected chi connectivity index (χ4v) is 6.95. The average molecular weight is 542 g/mol. The van der Waals surface area contributed by atoms with Crippen LogP contribution in [0.25, 0.3) is 5.69 Å². The van der Waals surface area contributed by atoms with Crippen molar-refractivity contribution in [2.75, 3.05) is 25.0 Å². The van der Waals surface area contributed by atoms with Crippen LogP contribution in [0.1, 0.15) is 63.0 Å². The maximum absolute atomic E-state index is 14.6. The van der Waals surface area contributed by atoms with Gasteiger partial charge in [0, 0.05) is 13.6 Å². The lowest BCUT2D eigenvalue weighted by Crippen LogP contribution is -2.54. The summed E-state index contributed by atoms with van der Waals surface area (Å²) < 4.78 is 47.0. The minimum atomic E-state index is -4.57. The molecule has 208 valence electrons. The van der Waals surface area contributed by atoms with E-state index in [0.29, 0.717) is 11.6 Å². The van der Waals surface area contributed by atoms with Crippen molar-refractivity contribution in [2.24, 2.45) is 13.0 Å². The first-order valence-corrected chi connectivity index (χ1v) is 13.7. The highest BCUT2D eigenvalue weighted by Gasteiger charge is 2.63. The molecule has 1 aliphatic carbocycles. The van der Waals surface area contributed by atoms with Gasteiger partial charge in [-0.25, -0.2) is 4.98 Å². The number of fused-ring (bicyclic) bond motifs is 1. The Kier molecular flexibility index (Phi) is 6.13. The first-order chi connectivity index (χ1) is 18.5. The van der Waals surface area contributed by atoms with Gasteiger partial charge in [0.2, 0.25) is 0 Å². The van der Waals surface area contributed by atoms with Crippen molar-refractivity contribution >= 4 is 5.69 Å². The van der Waals surface area contributed by atoms with E-state index < -0.39 is 23.2 Å². The Morgan fingerprint density at radius 1 is 1.13 bits per heavy atom. The van der Waals surface area contributed by atoms with Crippen LogP contribution in [0.2, 0.25) is 0 Å². The van der Waals surface area contributed by atoms with Crippen LogP contribution >= 0.6 is 0 Å².